The number of ether oxygens (including phenoxy) is 2. The van der Waals surface area contributed by atoms with Gasteiger partial charge in [-0.2, -0.15) is 0 Å². The molecule has 2 rings (SSSR count). The molecule has 2 saturated heterocycles. The van der Waals surface area contributed by atoms with Gasteiger partial charge in [-0.25, -0.2) is 0 Å². The van der Waals surface area contributed by atoms with E-state index in [4.69, 9.17) is 13.9 Å². The van der Waals surface area contributed by atoms with Crippen LogP contribution in [0.1, 0.15) is 147 Å². The van der Waals surface area contributed by atoms with Crippen LogP contribution in [0.4, 0.5) is 0 Å². The van der Waals surface area contributed by atoms with E-state index in [2.05, 4.69) is 105 Å². The molecule has 0 amide bonds. The second kappa shape index (κ2) is 19.1. The fourth-order valence-electron chi connectivity index (χ4n) is 7.57. The Labute approximate surface area is 292 Å². The van der Waals surface area contributed by atoms with Crippen molar-refractivity contribution in [2.75, 3.05) is 0 Å². The van der Waals surface area contributed by atoms with Crippen molar-refractivity contribution in [1.82, 2.24) is 0 Å². The molecule has 6 heteroatoms. The number of hydrogen-bond acceptors (Lipinski definition) is 4. The van der Waals surface area contributed by atoms with E-state index >= 15 is 0 Å². The molecule has 0 aromatic rings. The van der Waals surface area contributed by atoms with Crippen LogP contribution < -0.4 is 0 Å². The van der Waals surface area contributed by atoms with Crippen LogP contribution in [0.15, 0.2) is 21.8 Å². The summed E-state index contributed by atoms with van der Waals surface area (Å²) in [5.74, 6) is 0.633. The Morgan fingerprint density at radius 2 is 1.57 bits per heavy atom. The normalized spacial score (nSPS) is 28.4. The molecule has 1 spiro atoms. The van der Waals surface area contributed by atoms with Gasteiger partial charge in [0, 0.05) is 0 Å². The van der Waals surface area contributed by atoms with Crippen molar-refractivity contribution >= 4 is 26.7 Å². The Hall–Kier alpha value is 0.336. The Morgan fingerprint density at radius 1 is 1.00 bits per heavy atom. The van der Waals surface area contributed by atoms with Gasteiger partial charge in [0.15, 0.2) is 0 Å². The zero-order valence-corrected chi connectivity index (χ0v) is 36.7. The summed E-state index contributed by atoms with van der Waals surface area (Å²) < 4.78 is 28.1. The number of hydrogen-bond donors (Lipinski definition) is 1. The third kappa shape index (κ3) is 12.6. The van der Waals surface area contributed by atoms with Gasteiger partial charge in [-0.05, 0) is 11.8 Å². The van der Waals surface area contributed by atoms with E-state index in [9.17, 15) is 5.11 Å². The topological polar surface area (TPSA) is 47.9 Å². The molecule has 2 fully saturated rings. The standard InChI is InChI=1S/C28H51O4Si.3C4H9.Sn/c1-12-20(4)26(32-33(10,11)27(7,8)9)21(5)13-14-24-17-23(29)18-28(30-24)16-15-22(6)25(31-28)19(2)3;3*1-3-4-2;/h1,12-13,19-20,22-26,29H,14-18H2,2-11H3;3*1,3-4H2,2H3;/b12-1?,21-13+;;;;/t20-,22-,23-,24+,25+,26-,28+;;;;/m0..../s1. The molecule has 2 aliphatic rings. The van der Waals surface area contributed by atoms with E-state index in [1.165, 1.54) is 57.4 Å². The number of aliphatic hydroxyl groups excluding tert-OH is 1. The molecule has 0 saturated carbocycles. The molecule has 0 aliphatic carbocycles. The molecular formula is C40H78O4SiSn. The molecule has 0 unspecified atom stereocenters. The van der Waals surface area contributed by atoms with Gasteiger partial charge in [0.25, 0.3) is 0 Å². The number of rotatable bonds is 18. The van der Waals surface area contributed by atoms with Crippen LogP contribution in [0.5, 0.6) is 0 Å². The Bertz CT molecular complexity index is 918. The summed E-state index contributed by atoms with van der Waals surface area (Å²) in [7, 11) is -2.02. The summed E-state index contributed by atoms with van der Waals surface area (Å²) >= 11 is -2.41. The maximum atomic E-state index is 11.0. The SMILES string of the molecule is CCC[CH2][Sn](/[CH]=C/[C@H](C)[C@H](O[Si](C)(C)C(C)(C)C)/C(C)=C/C[C@@H]1C[C@H](O)C[C@]2(CC[C@H](C)[C@@H](C(C)C)O2)O1)([CH2]CCC)[CH2]CCC. The van der Waals surface area contributed by atoms with E-state index < -0.39 is 32.5 Å². The van der Waals surface area contributed by atoms with Gasteiger partial charge >= 0.3 is 261 Å². The van der Waals surface area contributed by atoms with Crippen LogP contribution in [-0.2, 0) is 13.9 Å². The van der Waals surface area contributed by atoms with Crippen molar-refractivity contribution in [1.29, 1.82) is 0 Å². The molecule has 2 heterocycles. The van der Waals surface area contributed by atoms with Crippen molar-refractivity contribution in [2.45, 2.75) is 208 Å². The predicted octanol–water partition coefficient (Wildman–Crippen LogP) is 12.0. The molecule has 0 aromatic heterocycles. The number of aliphatic hydroxyl groups is 1. The van der Waals surface area contributed by atoms with Gasteiger partial charge < -0.3 is 0 Å². The fraction of sp³-hybridized carbons (Fsp3) is 0.900. The molecule has 0 radical (unpaired) electrons. The van der Waals surface area contributed by atoms with Crippen molar-refractivity contribution in [3.05, 3.63) is 21.8 Å². The van der Waals surface area contributed by atoms with Gasteiger partial charge in [-0.15, -0.1) is 0 Å². The average molecular weight is 770 g/mol. The molecule has 46 heavy (non-hydrogen) atoms. The molecule has 2 aliphatic heterocycles. The van der Waals surface area contributed by atoms with E-state index in [0.717, 1.165) is 19.3 Å². The predicted molar refractivity (Wildman–Crippen MR) is 205 cm³/mol. The van der Waals surface area contributed by atoms with Crippen LogP contribution in [0, 0.1) is 17.8 Å². The minimum absolute atomic E-state index is 0.0414. The summed E-state index contributed by atoms with van der Waals surface area (Å²) in [6.45, 7) is 30.4. The summed E-state index contributed by atoms with van der Waals surface area (Å²) in [4.78, 5) is 0. The van der Waals surface area contributed by atoms with Crippen LogP contribution in [0.2, 0.25) is 31.4 Å². The quantitative estimate of drug-likeness (QED) is 0.111. The number of unbranched alkanes of at least 4 members (excludes halogenated alkanes) is 3. The molecule has 4 nitrogen and oxygen atoms in total. The van der Waals surface area contributed by atoms with E-state index in [0.29, 0.717) is 30.6 Å². The Morgan fingerprint density at radius 3 is 2.07 bits per heavy atom. The van der Waals surface area contributed by atoms with Crippen molar-refractivity contribution in [2.24, 2.45) is 17.8 Å². The monoisotopic (exact) mass is 770 g/mol. The first-order chi connectivity index (χ1) is 21.4. The molecule has 270 valence electrons. The first-order valence-corrected chi connectivity index (χ1v) is 30.1. The van der Waals surface area contributed by atoms with Gasteiger partial charge in [0.05, 0.1) is 0 Å². The third-order valence-corrected chi connectivity index (χ3v) is 30.3. The van der Waals surface area contributed by atoms with Crippen LogP contribution in [0.25, 0.3) is 0 Å². The minimum atomic E-state index is -2.41. The van der Waals surface area contributed by atoms with Gasteiger partial charge in [0.1, 0.15) is 0 Å². The summed E-state index contributed by atoms with van der Waals surface area (Å²) in [6, 6.07) is 0. The first-order valence-electron chi connectivity index (χ1n) is 19.5. The second-order valence-corrected chi connectivity index (χ2v) is 35.2. The van der Waals surface area contributed by atoms with E-state index in [1.54, 1.807) is 0 Å². The molecule has 0 aromatic carbocycles. The molecular weight excluding hydrogens is 691 g/mol. The van der Waals surface area contributed by atoms with Gasteiger partial charge in [-0.1, -0.05) is 20.8 Å². The fourth-order valence-corrected chi connectivity index (χ4v) is 23.6. The van der Waals surface area contributed by atoms with Crippen molar-refractivity contribution in [3.63, 3.8) is 0 Å². The van der Waals surface area contributed by atoms with Crippen LogP contribution in [0.3, 0.4) is 0 Å². The first kappa shape index (κ1) is 42.5. The maximum absolute atomic E-state index is 11.0. The van der Waals surface area contributed by atoms with E-state index in [-0.39, 0.29) is 29.5 Å². The summed E-state index contributed by atoms with van der Waals surface area (Å²) in [5, 5.41) is 11.2. The zero-order chi connectivity index (χ0) is 34.8. The van der Waals surface area contributed by atoms with Crippen molar-refractivity contribution in [3.8, 4) is 0 Å². The van der Waals surface area contributed by atoms with E-state index in [1.807, 2.05) is 0 Å². The van der Waals surface area contributed by atoms with Gasteiger partial charge in [-0.3, -0.25) is 0 Å². The summed E-state index contributed by atoms with van der Waals surface area (Å²) in [5.41, 5.74) is 1.31. The zero-order valence-electron chi connectivity index (χ0n) is 32.8. The van der Waals surface area contributed by atoms with Crippen LogP contribution >= 0.6 is 0 Å². The van der Waals surface area contributed by atoms with Crippen molar-refractivity contribution < 1.29 is 19.0 Å². The molecule has 7 atom stereocenters. The Balaban J connectivity index is 2.36. The average Bonchev–Trinajstić information content (AvgIpc) is 2.98. The van der Waals surface area contributed by atoms with Gasteiger partial charge in [0.2, 0.25) is 0 Å². The molecule has 0 bridgehead atoms. The second-order valence-electron chi connectivity index (χ2n) is 17.5. The third-order valence-electron chi connectivity index (χ3n) is 11.7. The summed E-state index contributed by atoms with van der Waals surface area (Å²) in [6.07, 6.45) is 16.9. The van der Waals surface area contributed by atoms with Crippen LogP contribution in [-0.4, -0.2) is 62.0 Å². The molecule has 1 N–H and O–H groups in total. The Kier molecular flexibility index (Phi) is 17.6.